The van der Waals surface area contributed by atoms with E-state index >= 15 is 0 Å². The third-order valence-electron chi connectivity index (χ3n) is 3.10. The van der Waals surface area contributed by atoms with Crippen LogP contribution in [0.1, 0.15) is 36.5 Å². The van der Waals surface area contributed by atoms with Crippen LogP contribution in [-0.2, 0) is 0 Å². The first-order valence-electron chi connectivity index (χ1n) is 6.29. The number of hydrogen-bond acceptors (Lipinski definition) is 3. The van der Waals surface area contributed by atoms with E-state index in [0.717, 1.165) is 19.3 Å². The van der Waals surface area contributed by atoms with Gasteiger partial charge < -0.3 is 4.90 Å². The van der Waals surface area contributed by atoms with Crippen LogP contribution < -0.4 is 0 Å². The van der Waals surface area contributed by atoms with Crippen molar-refractivity contribution in [3.63, 3.8) is 0 Å². The molecule has 5 nitrogen and oxygen atoms in total. The van der Waals surface area contributed by atoms with E-state index in [0.29, 0.717) is 11.6 Å². The Labute approximate surface area is 116 Å². The highest BCUT2D eigenvalue weighted by Gasteiger charge is 2.34. The Bertz CT molecular complexity index is 515. The largest absolute Gasteiger partial charge is 0.335 e. The molecule has 1 saturated carbocycles. The molecule has 0 heterocycles. The third kappa shape index (κ3) is 3.04. The van der Waals surface area contributed by atoms with Gasteiger partial charge in [-0.05, 0) is 31.4 Å². The summed E-state index contributed by atoms with van der Waals surface area (Å²) in [6.07, 6.45) is 2.77. The van der Waals surface area contributed by atoms with Crippen LogP contribution in [0.15, 0.2) is 18.2 Å². The SMILES string of the molecule is CCCN(C(=O)c1cc(Cl)ccc1[N+](=O)[O-])C1CC1. The van der Waals surface area contributed by atoms with E-state index in [4.69, 9.17) is 11.6 Å². The van der Waals surface area contributed by atoms with Gasteiger partial charge in [-0.25, -0.2) is 0 Å². The number of nitro benzene ring substituents is 1. The molecule has 0 aliphatic heterocycles. The van der Waals surface area contributed by atoms with Crippen LogP contribution in [0.4, 0.5) is 5.69 Å². The molecular weight excluding hydrogens is 268 g/mol. The summed E-state index contributed by atoms with van der Waals surface area (Å²) in [4.78, 5) is 24.6. The zero-order valence-corrected chi connectivity index (χ0v) is 11.4. The van der Waals surface area contributed by atoms with Crippen molar-refractivity contribution < 1.29 is 9.72 Å². The van der Waals surface area contributed by atoms with Crippen molar-refractivity contribution in [1.29, 1.82) is 0 Å². The fourth-order valence-corrected chi connectivity index (χ4v) is 2.24. The quantitative estimate of drug-likeness (QED) is 0.615. The molecule has 1 amide bonds. The Morgan fingerprint density at radius 1 is 1.53 bits per heavy atom. The lowest BCUT2D eigenvalue weighted by atomic mass is 10.1. The van der Waals surface area contributed by atoms with Crippen molar-refractivity contribution in [1.82, 2.24) is 4.90 Å². The maximum atomic E-state index is 12.5. The van der Waals surface area contributed by atoms with E-state index in [2.05, 4.69) is 0 Å². The summed E-state index contributed by atoms with van der Waals surface area (Å²) in [6.45, 7) is 2.60. The minimum atomic E-state index is -0.541. The molecule has 6 heteroatoms. The molecule has 1 aromatic rings. The number of carbonyl (C=O) groups excluding carboxylic acids is 1. The average molecular weight is 283 g/mol. The highest BCUT2D eigenvalue weighted by molar-refractivity contribution is 6.31. The van der Waals surface area contributed by atoms with Crippen molar-refractivity contribution in [3.8, 4) is 0 Å². The normalized spacial score (nSPS) is 14.2. The molecular formula is C13H15ClN2O3. The predicted octanol–water partition coefficient (Wildman–Crippen LogP) is 3.26. The van der Waals surface area contributed by atoms with Gasteiger partial charge in [0.1, 0.15) is 5.56 Å². The summed E-state index contributed by atoms with van der Waals surface area (Å²) >= 11 is 5.85. The zero-order chi connectivity index (χ0) is 14.0. The first kappa shape index (κ1) is 13.8. The van der Waals surface area contributed by atoms with Crippen LogP contribution in [-0.4, -0.2) is 28.3 Å². The average Bonchev–Trinajstić information content (AvgIpc) is 3.19. The fraction of sp³-hybridized carbons (Fsp3) is 0.462. The monoisotopic (exact) mass is 282 g/mol. The number of halogens is 1. The molecule has 0 saturated heterocycles. The van der Waals surface area contributed by atoms with Gasteiger partial charge in [-0.2, -0.15) is 0 Å². The Morgan fingerprint density at radius 3 is 2.74 bits per heavy atom. The topological polar surface area (TPSA) is 63.5 Å². The molecule has 1 aromatic carbocycles. The minimum Gasteiger partial charge on any atom is -0.335 e. The van der Waals surface area contributed by atoms with Gasteiger partial charge in [-0.1, -0.05) is 18.5 Å². The van der Waals surface area contributed by atoms with Gasteiger partial charge >= 0.3 is 0 Å². The highest BCUT2D eigenvalue weighted by atomic mass is 35.5. The van der Waals surface area contributed by atoms with E-state index in [1.54, 1.807) is 4.90 Å². The lowest BCUT2D eigenvalue weighted by Crippen LogP contribution is -2.34. The van der Waals surface area contributed by atoms with Crippen LogP contribution in [0.25, 0.3) is 0 Å². The van der Waals surface area contributed by atoms with Gasteiger partial charge in [0.25, 0.3) is 11.6 Å². The summed E-state index contributed by atoms with van der Waals surface area (Å²) in [5, 5.41) is 11.3. The lowest BCUT2D eigenvalue weighted by Gasteiger charge is -2.21. The Balaban J connectivity index is 2.35. The second-order valence-electron chi connectivity index (χ2n) is 4.65. The van der Waals surface area contributed by atoms with Gasteiger partial charge in [0, 0.05) is 23.7 Å². The van der Waals surface area contributed by atoms with E-state index < -0.39 is 4.92 Å². The molecule has 0 spiro atoms. The van der Waals surface area contributed by atoms with Crippen LogP contribution in [0.3, 0.4) is 0 Å². The van der Waals surface area contributed by atoms with E-state index in [1.807, 2.05) is 6.92 Å². The number of benzene rings is 1. The molecule has 1 aliphatic carbocycles. The zero-order valence-electron chi connectivity index (χ0n) is 10.6. The van der Waals surface area contributed by atoms with Gasteiger partial charge in [0.15, 0.2) is 0 Å². The lowest BCUT2D eigenvalue weighted by molar-refractivity contribution is -0.385. The van der Waals surface area contributed by atoms with Crippen LogP contribution in [0.2, 0.25) is 5.02 Å². The summed E-state index contributed by atoms with van der Waals surface area (Å²) in [5.74, 6) is -0.293. The second kappa shape index (κ2) is 5.57. The van der Waals surface area contributed by atoms with E-state index in [-0.39, 0.29) is 23.2 Å². The Morgan fingerprint density at radius 2 is 2.21 bits per heavy atom. The van der Waals surface area contributed by atoms with Crippen molar-refractivity contribution in [2.24, 2.45) is 0 Å². The van der Waals surface area contributed by atoms with Gasteiger partial charge in [0.2, 0.25) is 0 Å². The number of amides is 1. The molecule has 1 fully saturated rings. The van der Waals surface area contributed by atoms with Crippen LogP contribution >= 0.6 is 11.6 Å². The number of rotatable bonds is 5. The Hall–Kier alpha value is -1.62. The molecule has 2 rings (SSSR count). The number of nitrogens with zero attached hydrogens (tertiary/aromatic N) is 2. The first-order chi connectivity index (χ1) is 9.04. The van der Waals surface area contributed by atoms with Crippen molar-refractivity contribution >= 4 is 23.2 Å². The molecule has 0 bridgehead atoms. The standard InChI is InChI=1S/C13H15ClN2O3/c1-2-7-15(10-4-5-10)13(17)11-8-9(14)3-6-12(11)16(18)19/h3,6,8,10H,2,4-5,7H2,1H3. The molecule has 0 N–H and O–H groups in total. The fourth-order valence-electron chi connectivity index (χ4n) is 2.07. The summed E-state index contributed by atoms with van der Waals surface area (Å²) in [7, 11) is 0. The molecule has 0 aromatic heterocycles. The van der Waals surface area contributed by atoms with Crippen LogP contribution in [0, 0.1) is 10.1 Å². The molecule has 0 radical (unpaired) electrons. The Kier molecular flexibility index (Phi) is 4.04. The van der Waals surface area contributed by atoms with Crippen molar-refractivity contribution in [2.75, 3.05) is 6.54 Å². The number of hydrogen-bond donors (Lipinski definition) is 0. The van der Waals surface area contributed by atoms with Crippen molar-refractivity contribution in [3.05, 3.63) is 38.9 Å². The predicted molar refractivity (Wildman–Crippen MR) is 72.5 cm³/mol. The molecule has 1 aliphatic rings. The van der Waals surface area contributed by atoms with Gasteiger partial charge in [-0.15, -0.1) is 0 Å². The van der Waals surface area contributed by atoms with Crippen LogP contribution in [0.5, 0.6) is 0 Å². The smallest absolute Gasteiger partial charge is 0.282 e. The third-order valence-corrected chi connectivity index (χ3v) is 3.33. The second-order valence-corrected chi connectivity index (χ2v) is 5.08. The molecule has 102 valence electrons. The first-order valence-corrected chi connectivity index (χ1v) is 6.67. The van der Waals surface area contributed by atoms with Gasteiger partial charge in [0.05, 0.1) is 4.92 Å². The molecule has 19 heavy (non-hydrogen) atoms. The van der Waals surface area contributed by atoms with Gasteiger partial charge in [-0.3, -0.25) is 14.9 Å². The maximum Gasteiger partial charge on any atom is 0.282 e. The maximum absolute atomic E-state index is 12.5. The molecule has 0 unspecified atom stereocenters. The van der Waals surface area contributed by atoms with E-state index in [1.165, 1.54) is 18.2 Å². The summed E-state index contributed by atoms with van der Waals surface area (Å²) in [6, 6.07) is 4.32. The number of nitro groups is 1. The minimum absolute atomic E-state index is 0.0813. The van der Waals surface area contributed by atoms with E-state index in [9.17, 15) is 14.9 Å². The van der Waals surface area contributed by atoms with Crippen molar-refractivity contribution in [2.45, 2.75) is 32.2 Å². The number of carbonyl (C=O) groups is 1. The highest BCUT2D eigenvalue weighted by Crippen LogP contribution is 2.31. The summed E-state index contributed by atoms with van der Waals surface area (Å²) in [5.41, 5.74) is -0.103. The summed E-state index contributed by atoms with van der Waals surface area (Å²) < 4.78 is 0. The molecule has 0 atom stereocenters.